The molecular weight excluding hydrogens is 372 g/mol. The molecule has 1 aromatic carbocycles. The number of hydrogen-bond donors (Lipinski definition) is 1. The zero-order chi connectivity index (χ0) is 13.4. The second kappa shape index (κ2) is 5.40. The molecule has 1 aliphatic rings. The van der Waals surface area contributed by atoms with E-state index < -0.39 is 0 Å². The first kappa shape index (κ1) is 13.4. The highest BCUT2D eigenvalue weighted by molar-refractivity contribution is 14.1. The van der Waals surface area contributed by atoms with Crippen LogP contribution in [0.3, 0.4) is 0 Å². The molecule has 1 heterocycles. The van der Waals surface area contributed by atoms with Gasteiger partial charge in [-0.1, -0.05) is 0 Å². The van der Waals surface area contributed by atoms with Gasteiger partial charge in [-0.25, -0.2) is 4.39 Å². The van der Waals surface area contributed by atoms with Gasteiger partial charge in [-0.3, -0.25) is 0 Å². The topological polar surface area (TPSA) is 12.0 Å². The number of nitrogens with one attached hydrogen (secondary N) is 1. The van der Waals surface area contributed by atoms with E-state index in [4.69, 9.17) is 0 Å². The molecule has 0 bridgehead atoms. The molecule has 0 amide bonds. The summed E-state index contributed by atoms with van der Waals surface area (Å²) in [5, 5.41) is 3.58. The number of benzene rings is 1. The Morgan fingerprint density at radius 1 is 1.37 bits per heavy atom. The molecule has 4 heteroatoms. The number of thiophene rings is 1. The maximum Gasteiger partial charge on any atom is 0.123 e. The van der Waals surface area contributed by atoms with Crippen molar-refractivity contribution < 1.29 is 4.39 Å². The van der Waals surface area contributed by atoms with E-state index >= 15 is 0 Å². The largest absolute Gasteiger partial charge is 0.378 e. The Morgan fingerprint density at radius 3 is 3.00 bits per heavy atom. The summed E-state index contributed by atoms with van der Waals surface area (Å²) in [6.45, 7) is 1.95. The van der Waals surface area contributed by atoms with Crippen LogP contribution in [0.4, 0.5) is 10.1 Å². The van der Waals surface area contributed by atoms with Gasteiger partial charge < -0.3 is 5.32 Å². The maximum absolute atomic E-state index is 13.1. The van der Waals surface area contributed by atoms with Crippen molar-refractivity contribution in [2.75, 3.05) is 5.32 Å². The second-order valence-corrected chi connectivity index (χ2v) is 8.01. The van der Waals surface area contributed by atoms with Crippen LogP contribution in [0.1, 0.15) is 34.9 Å². The molecule has 0 spiro atoms. The van der Waals surface area contributed by atoms with Crippen LogP contribution < -0.4 is 5.32 Å². The van der Waals surface area contributed by atoms with Crippen molar-refractivity contribution in [2.24, 2.45) is 0 Å². The molecule has 0 radical (unpaired) electrons. The standard InChI is InChI=1S/C15H15FINS/c1-9-7-10(16)5-6-12(9)18-13-3-2-4-14-11(13)8-15(17)19-14/h5-8,13,18H,2-4H2,1H3. The molecule has 1 aliphatic carbocycles. The molecule has 1 unspecified atom stereocenters. The fourth-order valence-electron chi connectivity index (χ4n) is 2.65. The quantitative estimate of drug-likeness (QED) is 0.691. The molecule has 0 aliphatic heterocycles. The molecule has 2 aromatic rings. The van der Waals surface area contributed by atoms with Crippen molar-refractivity contribution in [3.8, 4) is 0 Å². The molecule has 1 N–H and O–H groups in total. The molecule has 100 valence electrons. The Labute approximate surface area is 130 Å². The highest BCUT2D eigenvalue weighted by Gasteiger charge is 2.22. The van der Waals surface area contributed by atoms with Crippen molar-refractivity contribution in [2.45, 2.75) is 32.2 Å². The minimum Gasteiger partial charge on any atom is -0.378 e. The zero-order valence-electron chi connectivity index (χ0n) is 10.7. The summed E-state index contributed by atoms with van der Waals surface area (Å²) in [7, 11) is 0. The normalized spacial score (nSPS) is 18.2. The van der Waals surface area contributed by atoms with Gasteiger partial charge in [-0.2, -0.15) is 0 Å². The van der Waals surface area contributed by atoms with Crippen LogP contribution in [-0.4, -0.2) is 0 Å². The van der Waals surface area contributed by atoms with Gasteiger partial charge in [-0.05, 0) is 84.2 Å². The number of anilines is 1. The summed E-state index contributed by atoms with van der Waals surface area (Å²) in [5.74, 6) is -0.169. The van der Waals surface area contributed by atoms with Gasteiger partial charge >= 0.3 is 0 Å². The van der Waals surface area contributed by atoms with E-state index in [1.165, 1.54) is 32.2 Å². The lowest BCUT2D eigenvalue weighted by molar-refractivity contribution is 0.606. The monoisotopic (exact) mass is 387 g/mol. The Bertz CT molecular complexity index is 608. The Hall–Kier alpha value is -0.620. The van der Waals surface area contributed by atoms with E-state index in [-0.39, 0.29) is 5.82 Å². The van der Waals surface area contributed by atoms with Crippen LogP contribution in [0.25, 0.3) is 0 Å². The van der Waals surface area contributed by atoms with Gasteiger partial charge in [0.25, 0.3) is 0 Å². The smallest absolute Gasteiger partial charge is 0.123 e. The van der Waals surface area contributed by atoms with Crippen LogP contribution >= 0.6 is 33.9 Å². The van der Waals surface area contributed by atoms with Crippen LogP contribution in [-0.2, 0) is 6.42 Å². The molecule has 3 rings (SSSR count). The van der Waals surface area contributed by atoms with Crippen molar-refractivity contribution in [1.29, 1.82) is 0 Å². The van der Waals surface area contributed by atoms with Gasteiger partial charge in [0.1, 0.15) is 5.82 Å². The molecule has 0 saturated carbocycles. The molecule has 0 saturated heterocycles. The van der Waals surface area contributed by atoms with E-state index in [1.54, 1.807) is 6.07 Å². The van der Waals surface area contributed by atoms with Gasteiger partial charge in [0.15, 0.2) is 0 Å². The summed E-state index contributed by atoms with van der Waals surface area (Å²) < 4.78 is 14.5. The van der Waals surface area contributed by atoms with Crippen molar-refractivity contribution >= 4 is 39.6 Å². The van der Waals surface area contributed by atoms with Crippen LogP contribution in [0.2, 0.25) is 0 Å². The summed E-state index contributed by atoms with van der Waals surface area (Å²) in [4.78, 5) is 1.51. The first-order chi connectivity index (χ1) is 9.13. The average Bonchev–Trinajstić information content (AvgIpc) is 2.74. The minimum absolute atomic E-state index is 0.169. The zero-order valence-corrected chi connectivity index (χ0v) is 13.6. The number of fused-ring (bicyclic) bond motifs is 1. The molecule has 1 nitrogen and oxygen atoms in total. The second-order valence-electron chi connectivity index (χ2n) is 4.98. The summed E-state index contributed by atoms with van der Waals surface area (Å²) in [6, 6.07) is 7.61. The molecule has 19 heavy (non-hydrogen) atoms. The van der Waals surface area contributed by atoms with Crippen LogP contribution in [0.15, 0.2) is 24.3 Å². The molecule has 1 atom stereocenters. The van der Waals surface area contributed by atoms with Crippen LogP contribution in [0, 0.1) is 15.6 Å². The van der Waals surface area contributed by atoms with Gasteiger partial charge in [0.05, 0.1) is 8.93 Å². The molecule has 0 fully saturated rings. The summed E-state index contributed by atoms with van der Waals surface area (Å²) >= 11 is 4.29. The lowest BCUT2D eigenvalue weighted by Gasteiger charge is -2.25. The fraction of sp³-hybridized carbons (Fsp3) is 0.333. The Balaban J connectivity index is 1.88. The van der Waals surface area contributed by atoms with Gasteiger partial charge in [-0.15, -0.1) is 11.3 Å². The highest BCUT2D eigenvalue weighted by atomic mass is 127. The minimum atomic E-state index is -0.169. The molecular formula is C15H15FINS. The van der Waals surface area contributed by atoms with Gasteiger partial charge in [0, 0.05) is 10.6 Å². The lowest BCUT2D eigenvalue weighted by Crippen LogP contribution is -2.16. The summed E-state index contributed by atoms with van der Waals surface area (Å²) in [5.41, 5.74) is 3.45. The van der Waals surface area contributed by atoms with Gasteiger partial charge in [0.2, 0.25) is 0 Å². The van der Waals surface area contributed by atoms with Crippen molar-refractivity contribution in [3.63, 3.8) is 0 Å². The average molecular weight is 387 g/mol. The number of rotatable bonds is 2. The van der Waals surface area contributed by atoms with E-state index in [2.05, 4.69) is 34.0 Å². The van der Waals surface area contributed by atoms with E-state index in [0.29, 0.717) is 6.04 Å². The lowest BCUT2D eigenvalue weighted by atomic mass is 9.93. The van der Waals surface area contributed by atoms with E-state index in [1.807, 2.05) is 24.3 Å². The third-order valence-corrected chi connectivity index (χ3v) is 5.57. The first-order valence-corrected chi connectivity index (χ1v) is 8.34. The first-order valence-electron chi connectivity index (χ1n) is 6.44. The predicted octanol–water partition coefficient (Wildman–Crippen LogP) is 5.29. The van der Waals surface area contributed by atoms with Crippen LogP contribution in [0.5, 0.6) is 0 Å². The third-order valence-electron chi connectivity index (χ3n) is 3.60. The molecule has 1 aromatic heterocycles. The predicted molar refractivity (Wildman–Crippen MR) is 87.5 cm³/mol. The van der Waals surface area contributed by atoms with E-state index in [9.17, 15) is 4.39 Å². The number of hydrogen-bond acceptors (Lipinski definition) is 2. The number of halogens is 2. The third kappa shape index (κ3) is 2.79. The number of aryl methyl sites for hydroxylation is 2. The summed E-state index contributed by atoms with van der Waals surface area (Å²) in [6.07, 6.45) is 3.57. The maximum atomic E-state index is 13.1. The highest BCUT2D eigenvalue weighted by Crippen LogP contribution is 2.38. The van der Waals surface area contributed by atoms with Crippen molar-refractivity contribution in [1.82, 2.24) is 0 Å². The van der Waals surface area contributed by atoms with Crippen molar-refractivity contribution in [3.05, 3.63) is 49.0 Å². The fourth-order valence-corrected chi connectivity index (χ4v) is 4.77. The SMILES string of the molecule is Cc1cc(F)ccc1NC1CCCc2sc(I)cc21. The Morgan fingerprint density at radius 2 is 2.21 bits per heavy atom. The Kier molecular flexibility index (Phi) is 3.80. The van der Waals surface area contributed by atoms with E-state index in [0.717, 1.165) is 17.7 Å².